The van der Waals surface area contributed by atoms with Crippen molar-refractivity contribution >= 4 is 5.91 Å². The van der Waals surface area contributed by atoms with Crippen molar-refractivity contribution in [3.63, 3.8) is 0 Å². The third kappa shape index (κ3) is 2.32. The number of likely N-dealkylation sites (tertiary alicyclic amines) is 1. The third-order valence-corrected chi connectivity index (χ3v) is 4.12. The zero-order valence-electron chi connectivity index (χ0n) is 11.1. The highest BCUT2D eigenvalue weighted by Crippen LogP contribution is 2.51. The number of hydrogen-bond donors (Lipinski definition) is 1. The van der Waals surface area contributed by atoms with Gasteiger partial charge in [0.05, 0.1) is 13.2 Å². The Labute approximate surface area is 113 Å². The van der Waals surface area contributed by atoms with Crippen molar-refractivity contribution in [2.24, 2.45) is 5.92 Å². The summed E-state index contributed by atoms with van der Waals surface area (Å²) in [5.41, 5.74) is 1.13. The molecule has 1 amide bonds. The minimum absolute atomic E-state index is 0.0709. The van der Waals surface area contributed by atoms with Crippen LogP contribution in [-0.4, -0.2) is 42.2 Å². The molecule has 19 heavy (non-hydrogen) atoms. The van der Waals surface area contributed by atoms with E-state index in [-0.39, 0.29) is 23.8 Å². The molecule has 1 aliphatic heterocycles. The standard InChI is InChI=1S/C15H19NO3/c1-19-14-5-3-2-4-11(14)12-8-13(12)15(18)16-7-6-10(17)9-16/h2-5,10,12-13,17H,6-9H2,1H3/t10-,12?,13?/m1/s1. The number of benzene rings is 1. The SMILES string of the molecule is COc1ccccc1C1CC1C(=O)N1CC[C@@H](O)C1. The summed E-state index contributed by atoms with van der Waals surface area (Å²) in [5, 5.41) is 9.50. The first-order valence-corrected chi connectivity index (χ1v) is 6.80. The van der Waals surface area contributed by atoms with Crippen LogP contribution in [-0.2, 0) is 4.79 Å². The molecule has 102 valence electrons. The van der Waals surface area contributed by atoms with Crippen LogP contribution in [0.5, 0.6) is 5.75 Å². The second-order valence-corrected chi connectivity index (χ2v) is 5.42. The molecule has 0 bridgehead atoms. The van der Waals surface area contributed by atoms with Gasteiger partial charge in [-0.15, -0.1) is 0 Å². The number of hydrogen-bond acceptors (Lipinski definition) is 3. The summed E-state index contributed by atoms with van der Waals surface area (Å²) in [4.78, 5) is 14.1. The highest BCUT2D eigenvalue weighted by atomic mass is 16.5. The van der Waals surface area contributed by atoms with E-state index in [0.29, 0.717) is 19.5 Å². The highest BCUT2D eigenvalue weighted by Gasteiger charge is 2.47. The van der Waals surface area contributed by atoms with Crippen molar-refractivity contribution in [2.45, 2.75) is 24.9 Å². The molecule has 0 aromatic heterocycles. The second-order valence-electron chi connectivity index (χ2n) is 5.42. The summed E-state index contributed by atoms with van der Waals surface area (Å²) in [6.45, 7) is 1.18. The molecule has 3 rings (SSSR count). The third-order valence-electron chi connectivity index (χ3n) is 4.12. The molecule has 1 aromatic carbocycles. The fourth-order valence-electron chi connectivity index (χ4n) is 2.96. The predicted octanol–water partition coefficient (Wildman–Crippen LogP) is 1.39. The molecule has 1 saturated carbocycles. The van der Waals surface area contributed by atoms with Crippen molar-refractivity contribution in [1.82, 2.24) is 4.90 Å². The Balaban J connectivity index is 1.69. The number of amides is 1. The van der Waals surface area contributed by atoms with Crippen LogP contribution in [0.1, 0.15) is 24.3 Å². The van der Waals surface area contributed by atoms with Crippen LogP contribution in [0.25, 0.3) is 0 Å². The Kier molecular flexibility index (Phi) is 3.19. The van der Waals surface area contributed by atoms with Crippen LogP contribution in [0.4, 0.5) is 0 Å². The first-order chi connectivity index (χ1) is 9.20. The van der Waals surface area contributed by atoms with Crippen LogP contribution in [0.15, 0.2) is 24.3 Å². The number of carbonyl (C=O) groups excluding carboxylic acids is 1. The van der Waals surface area contributed by atoms with Gasteiger partial charge in [0.1, 0.15) is 5.75 Å². The van der Waals surface area contributed by atoms with E-state index in [1.807, 2.05) is 24.3 Å². The monoisotopic (exact) mass is 261 g/mol. The molecule has 4 nitrogen and oxygen atoms in total. The topological polar surface area (TPSA) is 49.8 Å². The Bertz CT molecular complexity index is 488. The van der Waals surface area contributed by atoms with E-state index < -0.39 is 0 Å². The molecule has 2 unspecified atom stereocenters. The average molecular weight is 261 g/mol. The van der Waals surface area contributed by atoms with Gasteiger partial charge in [-0.2, -0.15) is 0 Å². The van der Waals surface area contributed by atoms with Crippen molar-refractivity contribution in [3.05, 3.63) is 29.8 Å². The molecule has 3 atom stereocenters. The smallest absolute Gasteiger partial charge is 0.226 e. The van der Waals surface area contributed by atoms with Crippen molar-refractivity contribution in [2.75, 3.05) is 20.2 Å². The number of β-amino-alcohol motifs (C(OH)–C–C–N with tert-alkyl or cyclic N) is 1. The van der Waals surface area contributed by atoms with Crippen molar-refractivity contribution in [3.8, 4) is 5.75 Å². The number of methoxy groups -OCH3 is 1. The minimum Gasteiger partial charge on any atom is -0.496 e. The van der Waals surface area contributed by atoms with E-state index in [4.69, 9.17) is 4.74 Å². The molecule has 1 saturated heterocycles. The highest BCUT2D eigenvalue weighted by molar-refractivity contribution is 5.83. The molecule has 1 N–H and O–H groups in total. The van der Waals surface area contributed by atoms with Crippen molar-refractivity contribution < 1.29 is 14.6 Å². The summed E-state index contributed by atoms with van der Waals surface area (Å²) in [5.74, 6) is 1.40. The van der Waals surface area contributed by atoms with Crippen LogP contribution in [0, 0.1) is 5.92 Å². The van der Waals surface area contributed by atoms with Gasteiger partial charge in [-0.3, -0.25) is 4.79 Å². The van der Waals surface area contributed by atoms with Gasteiger partial charge in [-0.1, -0.05) is 18.2 Å². The maximum atomic E-state index is 12.3. The second kappa shape index (κ2) is 4.85. The van der Waals surface area contributed by atoms with Gasteiger partial charge in [-0.05, 0) is 30.4 Å². The maximum absolute atomic E-state index is 12.3. The van der Waals surface area contributed by atoms with Crippen LogP contribution in [0.3, 0.4) is 0 Å². The average Bonchev–Trinajstić information content (AvgIpc) is 3.12. The summed E-state index contributed by atoms with van der Waals surface area (Å²) >= 11 is 0. The molecular weight excluding hydrogens is 242 g/mol. The summed E-state index contributed by atoms with van der Waals surface area (Å²) < 4.78 is 5.35. The largest absolute Gasteiger partial charge is 0.496 e. The zero-order chi connectivity index (χ0) is 13.4. The number of carbonyl (C=O) groups is 1. The van der Waals surface area contributed by atoms with Crippen LogP contribution >= 0.6 is 0 Å². The zero-order valence-corrected chi connectivity index (χ0v) is 11.1. The summed E-state index contributed by atoms with van der Waals surface area (Å²) in [7, 11) is 1.66. The number of aliphatic hydroxyl groups is 1. The molecule has 0 spiro atoms. The number of aliphatic hydroxyl groups excluding tert-OH is 1. The van der Waals surface area contributed by atoms with E-state index in [1.165, 1.54) is 0 Å². The molecule has 1 heterocycles. The van der Waals surface area contributed by atoms with Gasteiger partial charge in [0, 0.05) is 19.0 Å². The van der Waals surface area contributed by atoms with E-state index in [9.17, 15) is 9.90 Å². The maximum Gasteiger partial charge on any atom is 0.226 e. The first kappa shape index (κ1) is 12.5. The number of para-hydroxylation sites is 1. The van der Waals surface area contributed by atoms with Gasteiger partial charge in [-0.25, -0.2) is 0 Å². The van der Waals surface area contributed by atoms with Gasteiger partial charge in [0.25, 0.3) is 0 Å². The minimum atomic E-state index is -0.340. The molecule has 4 heteroatoms. The molecule has 2 aliphatic rings. The van der Waals surface area contributed by atoms with Gasteiger partial charge in [0.2, 0.25) is 5.91 Å². The predicted molar refractivity (Wildman–Crippen MR) is 71.0 cm³/mol. The normalized spacial score (nSPS) is 29.4. The lowest BCUT2D eigenvalue weighted by atomic mass is 10.1. The number of rotatable bonds is 3. The Morgan fingerprint density at radius 1 is 1.42 bits per heavy atom. The molecule has 0 radical (unpaired) electrons. The van der Waals surface area contributed by atoms with E-state index in [0.717, 1.165) is 17.7 Å². The Morgan fingerprint density at radius 2 is 2.21 bits per heavy atom. The summed E-state index contributed by atoms with van der Waals surface area (Å²) in [6, 6.07) is 7.90. The van der Waals surface area contributed by atoms with Gasteiger partial charge in [0.15, 0.2) is 0 Å². The molecule has 1 aromatic rings. The van der Waals surface area contributed by atoms with Gasteiger partial charge < -0.3 is 14.7 Å². The first-order valence-electron chi connectivity index (χ1n) is 6.80. The Hall–Kier alpha value is -1.55. The van der Waals surface area contributed by atoms with Crippen molar-refractivity contribution in [1.29, 1.82) is 0 Å². The number of nitrogens with zero attached hydrogens (tertiary/aromatic N) is 1. The lowest BCUT2D eigenvalue weighted by Crippen LogP contribution is -2.31. The molecular formula is C15H19NO3. The van der Waals surface area contributed by atoms with E-state index >= 15 is 0 Å². The fourth-order valence-corrected chi connectivity index (χ4v) is 2.96. The Morgan fingerprint density at radius 3 is 2.89 bits per heavy atom. The molecule has 2 fully saturated rings. The van der Waals surface area contributed by atoms with Gasteiger partial charge >= 0.3 is 0 Å². The quantitative estimate of drug-likeness (QED) is 0.894. The number of ether oxygens (including phenoxy) is 1. The fraction of sp³-hybridized carbons (Fsp3) is 0.533. The van der Waals surface area contributed by atoms with E-state index in [1.54, 1.807) is 12.0 Å². The summed E-state index contributed by atoms with van der Waals surface area (Å²) in [6.07, 6.45) is 1.26. The lowest BCUT2D eigenvalue weighted by Gasteiger charge is -2.15. The van der Waals surface area contributed by atoms with Crippen LogP contribution < -0.4 is 4.74 Å². The lowest BCUT2D eigenvalue weighted by molar-refractivity contribution is -0.131. The van der Waals surface area contributed by atoms with E-state index in [2.05, 4.69) is 0 Å². The van der Waals surface area contributed by atoms with Crippen LogP contribution in [0.2, 0.25) is 0 Å². The molecule has 1 aliphatic carbocycles.